The van der Waals surface area contributed by atoms with Gasteiger partial charge in [-0.1, -0.05) is 0 Å². The minimum absolute atomic E-state index is 0.321. The van der Waals surface area contributed by atoms with Crippen LogP contribution in [0.2, 0.25) is 0 Å². The summed E-state index contributed by atoms with van der Waals surface area (Å²) in [7, 11) is 0. The Kier molecular flexibility index (Phi) is 7.12. The lowest BCUT2D eigenvalue weighted by Crippen LogP contribution is -2.52. The molecule has 0 saturated heterocycles. The van der Waals surface area contributed by atoms with E-state index in [1.165, 1.54) is 6.92 Å². The molecule has 108 valence electrons. The molecule has 0 aliphatic carbocycles. The van der Waals surface area contributed by atoms with Crippen molar-refractivity contribution in [1.29, 1.82) is 0 Å². The molecule has 0 radical (unpaired) electrons. The van der Waals surface area contributed by atoms with Gasteiger partial charge >= 0.3 is 18.0 Å². The molecule has 0 aromatic carbocycles. The fourth-order valence-corrected chi connectivity index (χ4v) is 1.26. The van der Waals surface area contributed by atoms with E-state index in [1.54, 1.807) is 6.92 Å². The van der Waals surface area contributed by atoms with Crippen molar-refractivity contribution < 1.29 is 29.4 Å². The van der Waals surface area contributed by atoms with Crippen molar-refractivity contribution in [3.63, 3.8) is 0 Å². The number of urea groups is 1. The molecule has 0 rings (SSSR count). The van der Waals surface area contributed by atoms with Crippen LogP contribution in [0.1, 0.15) is 13.8 Å². The second-order valence-electron chi connectivity index (χ2n) is 3.72. The highest BCUT2D eigenvalue weighted by Crippen LogP contribution is 1.99. The van der Waals surface area contributed by atoms with Crippen LogP contribution in [0.3, 0.4) is 0 Å². The molecule has 0 saturated carbocycles. The first-order valence-corrected chi connectivity index (χ1v) is 5.54. The zero-order valence-electron chi connectivity index (χ0n) is 10.7. The Labute approximate surface area is 109 Å². The predicted octanol–water partition coefficient (Wildman–Crippen LogP) is -1.31. The zero-order valence-corrected chi connectivity index (χ0v) is 10.7. The average molecular weight is 275 g/mol. The molecule has 9 nitrogen and oxygen atoms in total. The van der Waals surface area contributed by atoms with Gasteiger partial charge in [-0.05, 0) is 13.8 Å². The van der Waals surface area contributed by atoms with Gasteiger partial charge in [0.05, 0.1) is 19.1 Å². The summed E-state index contributed by atoms with van der Waals surface area (Å²) in [5.41, 5.74) is 0. The molecule has 0 spiro atoms. The van der Waals surface area contributed by atoms with Crippen LogP contribution >= 0.6 is 0 Å². The number of imide groups is 1. The van der Waals surface area contributed by atoms with E-state index in [-0.39, 0.29) is 0 Å². The van der Waals surface area contributed by atoms with Gasteiger partial charge in [-0.2, -0.15) is 0 Å². The minimum Gasteiger partial charge on any atom is -0.480 e. The molecule has 3 amide bonds. The number of rotatable bonds is 7. The number of hydrogen-bond donors (Lipinski definition) is 4. The van der Waals surface area contributed by atoms with Crippen molar-refractivity contribution in [1.82, 2.24) is 15.5 Å². The lowest BCUT2D eigenvalue weighted by atomic mass is 10.2. The molecule has 1 unspecified atom stereocenters. The molecule has 9 heteroatoms. The van der Waals surface area contributed by atoms with Crippen LogP contribution in [0.25, 0.3) is 0 Å². The maximum Gasteiger partial charge on any atom is 0.321 e. The Morgan fingerprint density at radius 2 is 1.58 bits per heavy atom. The van der Waals surface area contributed by atoms with Crippen LogP contribution in [0.5, 0.6) is 0 Å². The monoisotopic (exact) mass is 275 g/mol. The maximum atomic E-state index is 11.6. The van der Waals surface area contributed by atoms with Crippen LogP contribution in [0.4, 0.5) is 4.79 Å². The normalized spacial score (nSPS) is 11.7. The summed E-state index contributed by atoms with van der Waals surface area (Å²) in [6.45, 7) is 2.07. The van der Waals surface area contributed by atoms with Crippen LogP contribution < -0.4 is 10.6 Å². The summed E-state index contributed by atoms with van der Waals surface area (Å²) in [5.74, 6) is -3.30. The summed E-state index contributed by atoms with van der Waals surface area (Å²) in [6, 6.07) is -1.78. The molecule has 0 bridgehead atoms. The smallest absolute Gasteiger partial charge is 0.321 e. The fourth-order valence-electron chi connectivity index (χ4n) is 1.26. The number of hydrogen-bond acceptors (Lipinski definition) is 5. The van der Waals surface area contributed by atoms with E-state index in [0.29, 0.717) is 6.54 Å². The Balaban J connectivity index is 4.63. The van der Waals surface area contributed by atoms with Gasteiger partial charge in [0.2, 0.25) is 5.91 Å². The number of amides is 3. The van der Waals surface area contributed by atoms with Crippen LogP contribution in [0.15, 0.2) is 0 Å². The first-order chi connectivity index (χ1) is 8.77. The number of nitrogens with one attached hydrogen (secondary N) is 2. The molecular weight excluding hydrogens is 258 g/mol. The topological polar surface area (TPSA) is 136 Å². The van der Waals surface area contributed by atoms with Gasteiger partial charge in [-0.25, -0.2) is 4.79 Å². The van der Waals surface area contributed by atoms with E-state index >= 15 is 0 Å². The summed E-state index contributed by atoms with van der Waals surface area (Å²) in [4.78, 5) is 44.9. The van der Waals surface area contributed by atoms with Crippen LogP contribution in [-0.2, 0) is 14.4 Å². The number of carbonyl (C=O) groups excluding carboxylic acids is 2. The quantitative estimate of drug-likeness (QED) is 0.453. The van der Waals surface area contributed by atoms with Crippen LogP contribution in [0, 0.1) is 0 Å². The second-order valence-corrected chi connectivity index (χ2v) is 3.72. The number of aliphatic carboxylic acids is 2. The first kappa shape index (κ1) is 16.8. The zero-order chi connectivity index (χ0) is 15.0. The highest BCUT2D eigenvalue weighted by atomic mass is 16.4. The van der Waals surface area contributed by atoms with Gasteiger partial charge in [0.1, 0.15) is 0 Å². The molecule has 19 heavy (non-hydrogen) atoms. The van der Waals surface area contributed by atoms with E-state index in [0.717, 1.165) is 4.90 Å². The Morgan fingerprint density at radius 3 is 1.95 bits per heavy atom. The standard InChI is InChI=1S/C10H17N3O6/c1-3-11-10(19)12-9(18)6(2)13(4-7(14)15)5-8(16)17/h6H,3-5H2,1-2H3,(H,14,15)(H,16,17)(H2,11,12,18,19). The maximum absolute atomic E-state index is 11.6. The van der Waals surface area contributed by atoms with E-state index in [4.69, 9.17) is 10.2 Å². The van der Waals surface area contributed by atoms with Crippen molar-refractivity contribution >= 4 is 23.9 Å². The highest BCUT2D eigenvalue weighted by molar-refractivity contribution is 5.97. The van der Waals surface area contributed by atoms with Crippen molar-refractivity contribution in [3.8, 4) is 0 Å². The predicted molar refractivity (Wildman–Crippen MR) is 63.5 cm³/mol. The van der Waals surface area contributed by atoms with Gasteiger partial charge < -0.3 is 15.5 Å². The summed E-state index contributed by atoms with van der Waals surface area (Å²) in [5, 5.41) is 21.6. The van der Waals surface area contributed by atoms with Gasteiger partial charge in [0.15, 0.2) is 0 Å². The van der Waals surface area contributed by atoms with Crippen molar-refractivity contribution in [2.75, 3.05) is 19.6 Å². The Bertz CT molecular complexity index is 354. The van der Waals surface area contributed by atoms with Crippen LogP contribution in [-0.4, -0.2) is 64.7 Å². The van der Waals surface area contributed by atoms with Gasteiger partial charge in [0.25, 0.3) is 0 Å². The average Bonchev–Trinajstić information content (AvgIpc) is 2.25. The highest BCUT2D eigenvalue weighted by Gasteiger charge is 2.26. The third kappa shape index (κ3) is 6.99. The molecule has 0 aliphatic rings. The molecule has 0 aromatic rings. The number of nitrogens with zero attached hydrogens (tertiary/aromatic N) is 1. The van der Waals surface area contributed by atoms with E-state index < -0.39 is 43.0 Å². The summed E-state index contributed by atoms with van der Waals surface area (Å²) < 4.78 is 0. The molecule has 0 heterocycles. The largest absolute Gasteiger partial charge is 0.480 e. The summed E-state index contributed by atoms with van der Waals surface area (Å²) in [6.07, 6.45) is 0. The molecule has 0 fully saturated rings. The Morgan fingerprint density at radius 1 is 1.11 bits per heavy atom. The molecule has 0 aromatic heterocycles. The van der Waals surface area contributed by atoms with E-state index in [9.17, 15) is 19.2 Å². The lowest BCUT2D eigenvalue weighted by molar-refractivity contribution is -0.143. The number of carbonyl (C=O) groups is 4. The lowest BCUT2D eigenvalue weighted by Gasteiger charge is -2.24. The van der Waals surface area contributed by atoms with Crippen molar-refractivity contribution in [2.45, 2.75) is 19.9 Å². The van der Waals surface area contributed by atoms with Gasteiger partial charge in [-0.15, -0.1) is 0 Å². The fraction of sp³-hybridized carbons (Fsp3) is 0.600. The van der Waals surface area contributed by atoms with E-state index in [2.05, 4.69) is 5.32 Å². The van der Waals surface area contributed by atoms with Gasteiger partial charge in [0, 0.05) is 6.54 Å². The molecular formula is C10H17N3O6. The minimum atomic E-state index is -1.26. The molecule has 1 atom stereocenters. The summed E-state index contributed by atoms with van der Waals surface area (Å²) >= 11 is 0. The molecule has 0 aliphatic heterocycles. The third-order valence-electron chi connectivity index (χ3n) is 2.18. The van der Waals surface area contributed by atoms with Crippen molar-refractivity contribution in [2.24, 2.45) is 0 Å². The van der Waals surface area contributed by atoms with Gasteiger partial charge in [-0.3, -0.25) is 24.6 Å². The van der Waals surface area contributed by atoms with Crippen molar-refractivity contribution in [3.05, 3.63) is 0 Å². The number of carboxylic acid groups (broad SMARTS) is 2. The third-order valence-corrected chi connectivity index (χ3v) is 2.18. The second kappa shape index (κ2) is 8.03. The number of carboxylic acids is 2. The SMILES string of the molecule is CCNC(=O)NC(=O)C(C)N(CC(=O)O)CC(=O)O. The first-order valence-electron chi connectivity index (χ1n) is 5.54. The van der Waals surface area contributed by atoms with E-state index in [1.807, 2.05) is 5.32 Å². The molecule has 4 N–H and O–H groups in total. The Hall–Kier alpha value is -2.16.